The van der Waals surface area contributed by atoms with E-state index in [1.807, 2.05) is 18.7 Å². The second kappa shape index (κ2) is 13.0. The van der Waals surface area contributed by atoms with Crippen LogP contribution in [0.1, 0.15) is 30.1 Å². The Balaban J connectivity index is 0.00000338. The molecule has 0 spiro atoms. The molecular weight excluding hydrogens is 374 g/mol. The quantitative estimate of drug-likeness (QED) is 0.553. The Morgan fingerprint density at radius 2 is 2.23 bits per heavy atom. The lowest BCUT2D eigenvalue weighted by Gasteiger charge is -2.22. The molecule has 3 N–H and O–H groups in total. The molecule has 0 radical (unpaired) electrons. The van der Waals surface area contributed by atoms with Crippen LogP contribution in [0.2, 0.25) is 0 Å². The lowest BCUT2D eigenvalue weighted by Crippen LogP contribution is -2.39. The summed E-state index contributed by atoms with van der Waals surface area (Å²) < 4.78 is 5.24. The van der Waals surface area contributed by atoms with Gasteiger partial charge in [-0.15, -0.1) is 12.4 Å². The van der Waals surface area contributed by atoms with Crippen molar-refractivity contribution >= 4 is 41.7 Å². The Hall–Kier alpha value is -1.28. The molecule has 0 saturated carbocycles. The van der Waals surface area contributed by atoms with Crippen molar-refractivity contribution in [1.29, 1.82) is 0 Å². The fourth-order valence-electron chi connectivity index (χ4n) is 2.55. The molecule has 1 heterocycles. The highest BCUT2D eigenvalue weighted by Crippen LogP contribution is 2.14. The fraction of sp³-hybridized carbons (Fsp3) is 0.556. The summed E-state index contributed by atoms with van der Waals surface area (Å²) in [6.07, 6.45) is 1.23. The number of carbonyl (C=O) groups is 2. The molecule has 1 aliphatic rings. The first-order valence-electron chi connectivity index (χ1n) is 8.76. The lowest BCUT2D eigenvalue weighted by atomic mass is 10.1. The Bertz CT molecular complexity index is 568. The second-order valence-corrected chi connectivity index (χ2v) is 7.02. The van der Waals surface area contributed by atoms with Crippen molar-refractivity contribution < 1.29 is 14.3 Å². The van der Waals surface area contributed by atoms with Gasteiger partial charge in [0.2, 0.25) is 5.91 Å². The minimum absolute atomic E-state index is 0. The topological polar surface area (TPSA) is 79.5 Å². The van der Waals surface area contributed by atoms with Crippen molar-refractivity contribution in [2.45, 2.75) is 25.8 Å². The van der Waals surface area contributed by atoms with Gasteiger partial charge < -0.3 is 20.7 Å². The zero-order valence-corrected chi connectivity index (χ0v) is 16.7. The fourth-order valence-corrected chi connectivity index (χ4v) is 3.50. The highest BCUT2D eigenvalue weighted by atomic mass is 35.5. The predicted molar refractivity (Wildman–Crippen MR) is 109 cm³/mol. The molecule has 1 aliphatic heterocycles. The summed E-state index contributed by atoms with van der Waals surface area (Å²) in [6.45, 7) is 4.79. The van der Waals surface area contributed by atoms with Gasteiger partial charge in [-0.1, -0.05) is 6.07 Å². The van der Waals surface area contributed by atoms with Crippen LogP contribution in [-0.2, 0) is 9.53 Å². The van der Waals surface area contributed by atoms with Crippen molar-refractivity contribution in [3.8, 4) is 0 Å². The molecule has 6 nitrogen and oxygen atoms in total. The van der Waals surface area contributed by atoms with Gasteiger partial charge in [-0.05, 0) is 31.5 Å². The normalized spacial score (nSPS) is 16.4. The molecule has 0 aromatic heterocycles. The van der Waals surface area contributed by atoms with E-state index in [0.717, 1.165) is 24.5 Å². The van der Waals surface area contributed by atoms with Gasteiger partial charge >= 0.3 is 0 Å². The van der Waals surface area contributed by atoms with Crippen LogP contribution in [0, 0.1) is 0 Å². The van der Waals surface area contributed by atoms with Gasteiger partial charge in [0, 0.05) is 61.5 Å². The van der Waals surface area contributed by atoms with Crippen LogP contribution in [0.5, 0.6) is 0 Å². The molecule has 1 atom stereocenters. The van der Waals surface area contributed by atoms with Crippen LogP contribution in [-0.4, -0.2) is 55.7 Å². The third-order valence-electron chi connectivity index (χ3n) is 3.79. The highest BCUT2D eigenvalue weighted by molar-refractivity contribution is 7.99. The van der Waals surface area contributed by atoms with Crippen molar-refractivity contribution in [2.24, 2.45) is 0 Å². The van der Waals surface area contributed by atoms with Gasteiger partial charge in [0.25, 0.3) is 5.91 Å². The Morgan fingerprint density at radius 3 is 2.96 bits per heavy atom. The zero-order valence-electron chi connectivity index (χ0n) is 15.1. The number of anilines is 1. The van der Waals surface area contributed by atoms with Gasteiger partial charge in [-0.25, -0.2) is 0 Å². The third-order valence-corrected chi connectivity index (χ3v) is 4.92. The van der Waals surface area contributed by atoms with Crippen molar-refractivity contribution in [2.75, 3.05) is 43.1 Å². The molecule has 1 unspecified atom stereocenters. The summed E-state index contributed by atoms with van der Waals surface area (Å²) >= 11 is 1.87. The molecule has 146 valence electrons. The maximum absolute atomic E-state index is 12.2. The van der Waals surface area contributed by atoms with Crippen LogP contribution in [0.25, 0.3) is 0 Å². The standard InChI is InChI=1S/C18H27N3O3S.ClH/c1-2-24-9-4-7-20-18(23)14-5-3-6-15(11-14)21-17(22)12-16-13-25-10-8-19-16;/h3,5-6,11,16,19H,2,4,7-10,12-13H2,1H3,(H,20,23)(H,21,22);1H. The van der Waals surface area contributed by atoms with E-state index in [4.69, 9.17) is 4.74 Å². The first kappa shape index (κ1) is 22.8. The number of halogens is 1. The van der Waals surface area contributed by atoms with Crippen molar-refractivity contribution in [3.05, 3.63) is 29.8 Å². The van der Waals surface area contributed by atoms with Crippen LogP contribution >= 0.6 is 24.2 Å². The average Bonchev–Trinajstić information content (AvgIpc) is 2.62. The molecule has 8 heteroatoms. The monoisotopic (exact) mass is 401 g/mol. The molecule has 1 saturated heterocycles. The minimum atomic E-state index is -0.141. The predicted octanol–water partition coefficient (Wildman–Crippen LogP) is 2.30. The Labute approximate surface area is 165 Å². The number of rotatable bonds is 9. The summed E-state index contributed by atoms with van der Waals surface area (Å²) in [7, 11) is 0. The number of carbonyl (C=O) groups excluding carboxylic acids is 2. The van der Waals surface area contributed by atoms with Gasteiger partial charge in [0.1, 0.15) is 0 Å². The van der Waals surface area contributed by atoms with Crippen LogP contribution < -0.4 is 16.0 Å². The average molecular weight is 402 g/mol. The summed E-state index contributed by atoms with van der Waals surface area (Å²) in [5, 5.41) is 9.09. The summed E-state index contributed by atoms with van der Waals surface area (Å²) in [5.41, 5.74) is 1.19. The second-order valence-electron chi connectivity index (χ2n) is 5.87. The van der Waals surface area contributed by atoms with E-state index in [0.29, 0.717) is 37.4 Å². The third kappa shape index (κ3) is 8.40. The molecular formula is C18H28ClN3O3S. The molecule has 0 bridgehead atoms. The largest absolute Gasteiger partial charge is 0.382 e. The number of ether oxygens (including phenoxy) is 1. The first-order valence-corrected chi connectivity index (χ1v) is 9.91. The lowest BCUT2D eigenvalue weighted by molar-refractivity contribution is -0.116. The van der Waals surface area contributed by atoms with Crippen LogP contribution in [0.4, 0.5) is 5.69 Å². The van der Waals surface area contributed by atoms with E-state index >= 15 is 0 Å². The summed E-state index contributed by atoms with van der Waals surface area (Å²) in [4.78, 5) is 24.3. The highest BCUT2D eigenvalue weighted by Gasteiger charge is 2.17. The zero-order chi connectivity index (χ0) is 17.9. The number of amides is 2. The number of hydrogen-bond donors (Lipinski definition) is 3. The SMILES string of the molecule is CCOCCCNC(=O)c1cccc(NC(=O)CC2CSCCN2)c1.Cl. The Morgan fingerprint density at radius 1 is 1.38 bits per heavy atom. The smallest absolute Gasteiger partial charge is 0.251 e. The number of nitrogens with one attached hydrogen (secondary N) is 3. The summed E-state index contributed by atoms with van der Waals surface area (Å²) in [6, 6.07) is 7.24. The molecule has 0 aliphatic carbocycles. The number of benzene rings is 1. The first-order chi connectivity index (χ1) is 12.2. The molecule has 2 rings (SSSR count). The van der Waals surface area contributed by atoms with Crippen molar-refractivity contribution in [1.82, 2.24) is 10.6 Å². The van der Waals surface area contributed by atoms with E-state index in [2.05, 4.69) is 16.0 Å². The Kier molecular flexibility index (Phi) is 11.4. The van der Waals surface area contributed by atoms with Gasteiger partial charge in [0.15, 0.2) is 0 Å². The van der Waals surface area contributed by atoms with E-state index in [9.17, 15) is 9.59 Å². The van der Waals surface area contributed by atoms with Gasteiger partial charge in [0.05, 0.1) is 0 Å². The van der Waals surface area contributed by atoms with Gasteiger partial charge in [-0.2, -0.15) is 11.8 Å². The van der Waals surface area contributed by atoms with E-state index in [1.54, 1.807) is 24.3 Å². The molecule has 1 aromatic carbocycles. The maximum Gasteiger partial charge on any atom is 0.251 e. The van der Waals surface area contributed by atoms with Gasteiger partial charge in [-0.3, -0.25) is 9.59 Å². The molecule has 1 fully saturated rings. The van der Waals surface area contributed by atoms with Crippen LogP contribution in [0.3, 0.4) is 0 Å². The van der Waals surface area contributed by atoms with Crippen LogP contribution in [0.15, 0.2) is 24.3 Å². The molecule has 26 heavy (non-hydrogen) atoms. The van der Waals surface area contributed by atoms with E-state index in [-0.39, 0.29) is 30.3 Å². The molecule has 1 aromatic rings. The molecule has 2 amide bonds. The summed E-state index contributed by atoms with van der Waals surface area (Å²) in [5.74, 6) is 1.88. The van der Waals surface area contributed by atoms with E-state index in [1.165, 1.54) is 0 Å². The van der Waals surface area contributed by atoms with Crippen molar-refractivity contribution in [3.63, 3.8) is 0 Å². The minimum Gasteiger partial charge on any atom is -0.382 e. The maximum atomic E-state index is 12.2. The van der Waals surface area contributed by atoms with E-state index < -0.39 is 0 Å². The number of thioether (sulfide) groups is 1. The number of hydrogen-bond acceptors (Lipinski definition) is 5.